The maximum absolute atomic E-state index is 1.61. The Morgan fingerprint density at radius 1 is 0.450 bits per heavy atom. The van der Waals surface area contributed by atoms with E-state index >= 15 is 0 Å². The molecule has 0 heteroatoms. The molecule has 3 unspecified atom stereocenters. The first-order valence-electron chi connectivity index (χ1n) is 9.92. The molecule has 6 atom stereocenters. The molecule has 0 saturated heterocycles. The van der Waals surface area contributed by atoms with Crippen LogP contribution < -0.4 is 0 Å². The van der Waals surface area contributed by atoms with Gasteiger partial charge in [-0.3, -0.25) is 0 Å². The number of rotatable bonds is 3. The topological polar surface area (TPSA) is 0 Å². The normalized spacial score (nSPS) is 48.0. The summed E-state index contributed by atoms with van der Waals surface area (Å²) in [6.07, 6.45) is 22.1. The van der Waals surface area contributed by atoms with Crippen LogP contribution in [-0.2, 0) is 0 Å². The second-order valence-corrected chi connectivity index (χ2v) is 8.67. The van der Waals surface area contributed by atoms with Crippen LogP contribution in [0.5, 0.6) is 0 Å². The first-order valence-corrected chi connectivity index (χ1v) is 9.92. The lowest BCUT2D eigenvalue weighted by molar-refractivity contribution is 0.187. The van der Waals surface area contributed by atoms with Gasteiger partial charge in [0.2, 0.25) is 0 Å². The van der Waals surface area contributed by atoms with Gasteiger partial charge >= 0.3 is 0 Å². The van der Waals surface area contributed by atoms with Gasteiger partial charge in [0.25, 0.3) is 0 Å². The van der Waals surface area contributed by atoms with Crippen LogP contribution >= 0.6 is 0 Å². The summed E-state index contributed by atoms with van der Waals surface area (Å²) in [5.41, 5.74) is 0. The van der Waals surface area contributed by atoms with Crippen LogP contribution in [0.25, 0.3) is 0 Å². The number of fused-ring (bicyclic) bond motifs is 2. The van der Waals surface area contributed by atoms with Gasteiger partial charge in [-0.05, 0) is 86.9 Å². The van der Waals surface area contributed by atoms with Crippen molar-refractivity contribution in [3.05, 3.63) is 0 Å². The summed E-state index contributed by atoms with van der Waals surface area (Å²) in [6.45, 7) is 0. The van der Waals surface area contributed by atoms with E-state index in [9.17, 15) is 0 Å². The van der Waals surface area contributed by atoms with E-state index in [4.69, 9.17) is 0 Å². The van der Waals surface area contributed by atoms with Gasteiger partial charge in [-0.2, -0.15) is 0 Å². The van der Waals surface area contributed by atoms with Crippen molar-refractivity contribution in [2.75, 3.05) is 0 Å². The van der Waals surface area contributed by atoms with Crippen molar-refractivity contribution >= 4 is 0 Å². The third-order valence-electron chi connectivity index (χ3n) is 7.87. The summed E-state index contributed by atoms with van der Waals surface area (Å²) >= 11 is 0. The molecular formula is C20H34. The van der Waals surface area contributed by atoms with Crippen LogP contribution in [0.1, 0.15) is 89.9 Å². The minimum atomic E-state index is 1.14. The van der Waals surface area contributed by atoms with E-state index in [0.717, 1.165) is 35.5 Å². The molecule has 4 fully saturated rings. The molecule has 20 heavy (non-hydrogen) atoms. The molecule has 114 valence electrons. The average Bonchev–Trinajstić information content (AvgIpc) is 3.09. The van der Waals surface area contributed by atoms with Crippen LogP contribution in [-0.4, -0.2) is 0 Å². The van der Waals surface area contributed by atoms with Crippen molar-refractivity contribution in [3.8, 4) is 0 Å². The molecule has 0 aromatic rings. The van der Waals surface area contributed by atoms with Crippen molar-refractivity contribution < 1.29 is 0 Å². The Labute approximate surface area is 126 Å². The molecule has 0 aromatic carbocycles. The van der Waals surface area contributed by atoms with E-state index in [-0.39, 0.29) is 0 Å². The fourth-order valence-electron chi connectivity index (χ4n) is 6.86. The first kappa shape index (κ1) is 13.6. The summed E-state index contributed by atoms with van der Waals surface area (Å²) in [5, 5.41) is 0. The summed E-state index contributed by atoms with van der Waals surface area (Å²) in [7, 11) is 0. The van der Waals surface area contributed by atoms with Gasteiger partial charge in [0, 0.05) is 0 Å². The smallest absolute Gasteiger partial charge is 0.0357 e. The van der Waals surface area contributed by atoms with Crippen molar-refractivity contribution in [1.82, 2.24) is 0 Å². The first-order chi connectivity index (χ1) is 9.92. The van der Waals surface area contributed by atoms with E-state index < -0.39 is 0 Å². The van der Waals surface area contributed by atoms with Gasteiger partial charge < -0.3 is 0 Å². The number of hydrogen-bond donors (Lipinski definition) is 0. The highest BCUT2D eigenvalue weighted by molar-refractivity contribution is 4.91. The molecule has 0 N–H and O–H groups in total. The molecule has 4 saturated carbocycles. The summed E-state index contributed by atoms with van der Waals surface area (Å²) < 4.78 is 0. The molecule has 0 aliphatic heterocycles. The molecule has 4 aliphatic rings. The van der Waals surface area contributed by atoms with E-state index in [1.807, 2.05) is 0 Å². The molecule has 0 spiro atoms. The summed E-state index contributed by atoms with van der Waals surface area (Å²) in [5.74, 6) is 6.91. The van der Waals surface area contributed by atoms with E-state index in [1.165, 1.54) is 0 Å². The highest BCUT2D eigenvalue weighted by Crippen LogP contribution is 2.51. The Kier molecular flexibility index (Phi) is 4.10. The minimum absolute atomic E-state index is 1.14. The second-order valence-electron chi connectivity index (χ2n) is 8.67. The van der Waals surface area contributed by atoms with Gasteiger partial charge in [-0.25, -0.2) is 0 Å². The fourth-order valence-corrected chi connectivity index (χ4v) is 6.86. The Morgan fingerprint density at radius 2 is 0.900 bits per heavy atom. The van der Waals surface area contributed by atoms with Crippen molar-refractivity contribution in [2.45, 2.75) is 89.9 Å². The van der Waals surface area contributed by atoms with Gasteiger partial charge in [0.1, 0.15) is 0 Å². The van der Waals surface area contributed by atoms with Crippen molar-refractivity contribution in [2.24, 2.45) is 35.5 Å². The lowest BCUT2D eigenvalue weighted by atomic mass is 9.74. The zero-order chi connectivity index (χ0) is 13.4. The van der Waals surface area contributed by atoms with Crippen molar-refractivity contribution in [3.63, 3.8) is 0 Å². The zero-order valence-corrected chi connectivity index (χ0v) is 13.4. The fraction of sp³-hybridized carbons (Fsp3) is 1.00. The molecule has 0 amide bonds. The lowest BCUT2D eigenvalue weighted by Crippen LogP contribution is -2.22. The highest BCUT2D eigenvalue weighted by atomic mass is 14.5. The third kappa shape index (κ3) is 2.57. The minimum Gasteiger partial charge on any atom is -0.0530 e. The van der Waals surface area contributed by atoms with Gasteiger partial charge in [0.15, 0.2) is 0 Å². The van der Waals surface area contributed by atoms with E-state index in [2.05, 4.69) is 0 Å². The molecular weight excluding hydrogens is 240 g/mol. The Balaban J connectivity index is 1.30. The Morgan fingerprint density at radius 3 is 1.40 bits per heavy atom. The second kappa shape index (κ2) is 6.01. The maximum Gasteiger partial charge on any atom is -0.0357 e. The van der Waals surface area contributed by atoms with Crippen LogP contribution in [0, 0.1) is 35.5 Å². The molecule has 4 aliphatic carbocycles. The van der Waals surface area contributed by atoms with Crippen LogP contribution in [0.2, 0.25) is 0 Å². The predicted molar refractivity (Wildman–Crippen MR) is 85.6 cm³/mol. The summed E-state index contributed by atoms with van der Waals surface area (Å²) in [6, 6.07) is 0. The highest BCUT2D eigenvalue weighted by Gasteiger charge is 2.40. The Bertz CT molecular complexity index is 288. The lowest BCUT2D eigenvalue weighted by Gasteiger charge is -2.32. The average molecular weight is 274 g/mol. The van der Waals surface area contributed by atoms with E-state index in [0.29, 0.717) is 0 Å². The SMILES string of the molecule is C1CCC2C(C1)CC[C@H]2CC[C@H]1CCC2CCCC[C@@H]21. The van der Waals surface area contributed by atoms with E-state index in [1.54, 1.807) is 89.9 Å². The summed E-state index contributed by atoms with van der Waals surface area (Å²) in [4.78, 5) is 0. The van der Waals surface area contributed by atoms with Crippen LogP contribution in [0.15, 0.2) is 0 Å². The van der Waals surface area contributed by atoms with Gasteiger partial charge in [-0.15, -0.1) is 0 Å². The van der Waals surface area contributed by atoms with Gasteiger partial charge in [-0.1, -0.05) is 38.5 Å². The monoisotopic (exact) mass is 274 g/mol. The van der Waals surface area contributed by atoms with Crippen LogP contribution in [0.4, 0.5) is 0 Å². The quantitative estimate of drug-likeness (QED) is 0.575. The molecule has 4 rings (SSSR count). The zero-order valence-electron chi connectivity index (χ0n) is 13.4. The molecule has 0 radical (unpaired) electrons. The molecule has 0 heterocycles. The molecule has 0 nitrogen and oxygen atoms in total. The maximum atomic E-state index is 1.61. The van der Waals surface area contributed by atoms with Gasteiger partial charge in [0.05, 0.1) is 0 Å². The number of hydrogen-bond acceptors (Lipinski definition) is 0. The van der Waals surface area contributed by atoms with Crippen LogP contribution in [0.3, 0.4) is 0 Å². The molecule has 0 aromatic heterocycles. The third-order valence-corrected chi connectivity index (χ3v) is 7.87. The molecule has 0 bridgehead atoms. The largest absolute Gasteiger partial charge is 0.0530 e. The standard InChI is InChI=1S/C20H34/c1-3-7-19-15(5-1)9-11-17(19)13-14-18-12-10-16-6-2-4-8-20(16)18/h15-20H,1-14H2/t15?,16?,17-,18+,19+,20?/m1/s1. The Hall–Kier alpha value is 0. The predicted octanol–water partition coefficient (Wildman–Crippen LogP) is 6.20. The van der Waals surface area contributed by atoms with Crippen molar-refractivity contribution in [1.29, 1.82) is 0 Å².